The third-order valence-electron chi connectivity index (χ3n) is 1.39. The minimum absolute atomic E-state index is 0.274. The van der Waals surface area contributed by atoms with Crippen LogP contribution in [0.25, 0.3) is 0 Å². The van der Waals surface area contributed by atoms with Gasteiger partial charge in [-0.05, 0) is 12.8 Å². The second-order valence-electron chi connectivity index (χ2n) is 2.12. The molecule has 1 aliphatic heterocycles. The topological polar surface area (TPSA) is 40.5 Å². The van der Waals surface area contributed by atoms with Gasteiger partial charge in [-0.25, -0.2) is 0 Å². The first-order valence-corrected chi connectivity index (χ1v) is 3.30. The second-order valence-corrected chi connectivity index (χ2v) is 2.60. The van der Waals surface area contributed by atoms with Gasteiger partial charge >= 0.3 is 0 Å². The smallest absolute Gasteiger partial charge is 0.261 e. The largest absolute Gasteiger partial charge is 0.383 e. The number of hydrogen-bond acceptors (Lipinski definition) is 3. The molecule has 4 heteroatoms. The first kappa shape index (κ1) is 6.89. The van der Waals surface area contributed by atoms with Crippen molar-refractivity contribution in [2.24, 2.45) is 0 Å². The van der Waals surface area contributed by atoms with Crippen molar-refractivity contribution in [3.8, 4) is 0 Å². The highest BCUT2D eigenvalue weighted by Crippen LogP contribution is 2.12. The molecule has 9 heavy (non-hydrogen) atoms. The molecule has 1 saturated heterocycles. The first-order chi connectivity index (χ1) is 4.22. The van der Waals surface area contributed by atoms with Crippen molar-refractivity contribution in [2.45, 2.75) is 18.9 Å². The molecule has 1 atom stereocenters. The van der Waals surface area contributed by atoms with E-state index >= 15 is 0 Å². The van der Waals surface area contributed by atoms with Gasteiger partial charge < -0.3 is 5.11 Å². The van der Waals surface area contributed by atoms with Gasteiger partial charge in [-0.3, -0.25) is 9.10 Å². The highest BCUT2D eigenvalue weighted by Gasteiger charge is 2.24. The van der Waals surface area contributed by atoms with E-state index in [9.17, 15) is 4.79 Å². The molecule has 0 bridgehead atoms. The Kier molecular flexibility index (Phi) is 1.97. The predicted octanol–water partition coefficient (Wildman–Crippen LogP) is -0.185. The molecule has 0 aromatic rings. The summed E-state index contributed by atoms with van der Waals surface area (Å²) in [6.07, 6.45) is 0.614. The Balaban J connectivity index is 2.52. The van der Waals surface area contributed by atoms with Crippen molar-refractivity contribution in [3.05, 3.63) is 0 Å². The zero-order valence-corrected chi connectivity index (χ0v) is 5.84. The maximum absolute atomic E-state index is 10.7. The Labute approximate surface area is 59.2 Å². The quantitative estimate of drug-likeness (QED) is 0.466. The molecular weight excluding hydrogens is 138 g/mol. The van der Waals surface area contributed by atoms with E-state index in [1.54, 1.807) is 0 Å². The maximum Gasteiger partial charge on any atom is 0.261 e. The number of amides is 1. The fraction of sp³-hybridized carbons (Fsp3) is 0.800. The summed E-state index contributed by atoms with van der Waals surface area (Å²) in [5.74, 6) is -0.274. The number of aliphatic hydroxyl groups is 1. The third kappa shape index (κ3) is 1.37. The number of thiol groups is 1. The van der Waals surface area contributed by atoms with Crippen molar-refractivity contribution < 1.29 is 9.90 Å². The van der Waals surface area contributed by atoms with E-state index in [1.165, 1.54) is 4.31 Å². The Hall–Kier alpha value is -0.220. The Bertz CT molecular complexity index is 116. The summed E-state index contributed by atoms with van der Waals surface area (Å²) >= 11 is 3.84. The van der Waals surface area contributed by atoms with Crippen LogP contribution in [0.3, 0.4) is 0 Å². The van der Waals surface area contributed by atoms with Crippen LogP contribution in [0.5, 0.6) is 0 Å². The second kappa shape index (κ2) is 2.58. The van der Waals surface area contributed by atoms with Crippen LogP contribution in [0, 0.1) is 0 Å². The van der Waals surface area contributed by atoms with Gasteiger partial charge in [0.25, 0.3) is 5.91 Å². The lowest BCUT2D eigenvalue weighted by Gasteiger charge is -2.24. The van der Waals surface area contributed by atoms with Crippen LogP contribution >= 0.6 is 12.8 Å². The van der Waals surface area contributed by atoms with Crippen molar-refractivity contribution in [1.82, 2.24) is 4.31 Å². The molecule has 1 unspecified atom stereocenters. The van der Waals surface area contributed by atoms with E-state index in [1.807, 2.05) is 0 Å². The van der Waals surface area contributed by atoms with Crippen LogP contribution in [0.2, 0.25) is 0 Å². The Morgan fingerprint density at radius 2 is 2.44 bits per heavy atom. The predicted molar refractivity (Wildman–Crippen MR) is 35.9 cm³/mol. The summed E-state index contributed by atoms with van der Waals surface area (Å²) in [6.45, 7) is 0.652. The molecule has 1 fully saturated rings. The normalized spacial score (nSPS) is 28.9. The van der Waals surface area contributed by atoms with Crippen molar-refractivity contribution in [2.75, 3.05) is 6.54 Å². The van der Waals surface area contributed by atoms with Gasteiger partial charge in [-0.2, -0.15) is 0 Å². The average Bonchev–Trinajstić information content (AvgIpc) is 1.83. The van der Waals surface area contributed by atoms with E-state index in [0.29, 0.717) is 13.0 Å². The molecule has 0 aromatic carbocycles. The van der Waals surface area contributed by atoms with E-state index < -0.39 is 6.10 Å². The molecule has 1 aliphatic rings. The van der Waals surface area contributed by atoms with Crippen molar-refractivity contribution in [1.29, 1.82) is 0 Å². The number of rotatable bonds is 0. The molecule has 1 heterocycles. The van der Waals surface area contributed by atoms with Crippen LogP contribution in [0.4, 0.5) is 0 Å². The summed E-state index contributed by atoms with van der Waals surface area (Å²) in [5, 5.41) is 8.91. The van der Waals surface area contributed by atoms with Gasteiger partial charge in [0.1, 0.15) is 6.10 Å². The number of nitrogens with zero attached hydrogens (tertiary/aromatic N) is 1. The van der Waals surface area contributed by atoms with Gasteiger partial charge in [-0.1, -0.05) is 12.8 Å². The Morgan fingerprint density at radius 1 is 1.78 bits per heavy atom. The molecule has 3 nitrogen and oxygen atoms in total. The van der Waals surface area contributed by atoms with Crippen molar-refractivity contribution >= 4 is 18.7 Å². The molecule has 1 N–H and O–H groups in total. The van der Waals surface area contributed by atoms with E-state index in [2.05, 4.69) is 12.8 Å². The van der Waals surface area contributed by atoms with Gasteiger partial charge in [0.05, 0.1) is 0 Å². The lowest BCUT2D eigenvalue weighted by Crippen LogP contribution is -2.38. The van der Waals surface area contributed by atoms with Gasteiger partial charge in [-0.15, -0.1) is 0 Å². The lowest BCUT2D eigenvalue weighted by atomic mass is 10.1. The molecule has 0 radical (unpaired) electrons. The number of piperidine rings is 1. The van der Waals surface area contributed by atoms with Crippen LogP contribution in [-0.4, -0.2) is 28.0 Å². The molecule has 0 saturated carbocycles. The SMILES string of the molecule is O=C1C(O)CCCN1S. The third-order valence-corrected chi connectivity index (χ3v) is 1.78. The van der Waals surface area contributed by atoms with Crippen LogP contribution in [0.1, 0.15) is 12.8 Å². The fourth-order valence-electron chi connectivity index (χ4n) is 0.840. The van der Waals surface area contributed by atoms with Gasteiger partial charge in [0.2, 0.25) is 0 Å². The van der Waals surface area contributed by atoms with Crippen LogP contribution in [0.15, 0.2) is 0 Å². The number of aliphatic hydroxyl groups excluding tert-OH is 1. The Morgan fingerprint density at radius 3 is 2.89 bits per heavy atom. The molecule has 52 valence electrons. The first-order valence-electron chi connectivity index (χ1n) is 2.90. The number of hydrogen-bond donors (Lipinski definition) is 2. The van der Waals surface area contributed by atoms with Crippen LogP contribution in [-0.2, 0) is 4.79 Å². The van der Waals surface area contributed by atoms with Crippen LogP contribution < -0.4 is 0 Å². The molecule has 1 amide bonds. The highest BCUT2D eigenvalue weighted by atomic mass is 32.1. The van der Waals surface area contributed by atoms with Gasteiger partial charge in [0.15, 0.2) is 0 Å². The molecule has 0 spiro atoms. The van der Waals surface area contributed by atoms with E-state index in [0.717, 1.165) is 6.42 Å². The molecular formula is C5H9NO2S. The maximum atomic E-state index is 10.7. The minimum Gasteiger partial charge on any atom is -0.383 e. The summed E-state index contributed by atoms with van der Waals surface area (Å²) in [4.78, 5) is 10.7. The van der Waals surface area contributed by atoms with Crippen molar-refractivity contribution in [3.63, 3.8) is 0 Å². The molecule has 1 rings (SSSR count). The zero-order valence-electron chi connectivity index (χ0n) is 4.95. The highest BCUT2D eigenvalue weighted by molar-refractivity contribution is 7.78. The summed E-state index contributed by atoms with van der Waals surface area (Å²) < 4.78 is 1.26. The number of carbonyl (C=O) groups is 1. The monoisotopic (exact) mass is 147 g/mol. The molecule has 0 aliphatic carbocycles. The number of carbonyl (C=O) groups excluding carboxylic acids is 1. The molecule has 0 aromatic heterocycles. The summed E-state index contributed by atoms with van der Waals surface area (Å²) in [5.41, 5.74) is 0. The fourth-order valence-corrected chi connectivity index (χ4v) is 1.11. The summed E-state index contributed by atoms with van der Waals surface area (Å²) in [6, 6.07) is 0. The zero-order chi connectivity index (χ0) is 6.85. The average molecular weight is 147 g/mol. The van der Waals surface area contributed by atoms with E-state index in [4.69, 9.17) is 5.11 Å². The van der Waals surface area contributed by atoms with Gasteiger partial charge in [0, 0.05) is 6.54 Å². The standard InChI is InChI=1S/C5H9NO2S/c7-4-2-1-3-6(9)5(4)8/h4,7,9H,1-3H2. The van der Waals surface area contributed by atoms with E-state index in [-0.39, 0.29) is 5.91 Å². The minimum atomic E-state index is -0.809. The summed E-state index contributed by atoms with van der Waals surface area (Å²) in [7, 11) is 0. The lowest BCUT2D eigenvalue weighted by molar-refractivity contribution is -0.137.